The van der Waals surface area contributed by atoms with Crippen molar-refractivity contribution in [2.24, 2.45) is 0 Å². The van der Waals surface area contributed by atoms with Crippen molar-refractivity contribution < 1.29 is 14.7 Å². The van der Waals surface area contributed by atoms with Crippen LogP contribution in [-0.2, 0) is 4.79 Å². The van der Waals surface area contributed by atoms with E-state index in [-0.39, 0.29) is 17.4 Å². The Kier molecular flexibility index (Phi) is 5.72. The van der Waals surface area contributed by atoms with Gasteiger partial charge in [0.25, 0.3) is 11.5 Å². The predicted octanol–water partition coefficient (Wildman–Crippen LogP) is 3.26. The number of rotatable bonds is 6. The molecule has 6 N–H and O–H groups in total. The zero-order chi connectivity index (χ0) is 23.0. The molecule has 0 aliphatic rings. The lowest BCUT2D eigenvalue weighted by Crippen LogP contribution is -2.33. The van der Waals surface area contributed by atoms with E-state index in [0.717, 1.165) is 4.88 Å². The number of nitrogens with zero attached hydrogens (tertiary/aromatic N) is 1. The highest BCUT2D eigenvalue weighted by Crippen LogP contribution is 2.33. The minimum Gasteiger partial charge on any atom is -0.479 e. The van der Waals surface area contributed by atoms with E-state index in [0.29, 0.717) is 32.1 Å². The summed E-state index contributed by atoms with van der Waals surface area (Å²) in [6, 6.07) is 8.48. The first-order valence-electron chi connectivity index (χ1n) is 9.50. The van der Waals surface area contributed by atoms with Crippen molar-refractivity contribution in [2.45, 2.75) is 18.9 Å². The Balaban J connectivity index is 1.59. The van der Waals surface area contributed by atoms with E-state index < -0.39 is 17.9 Å². The van der Waals surface area contributed by atoms with Crippen LogP contribution in [0.15, 0.2) is 47.4 Å². The fraction of sp³-hybridized carbons (Fsp3) is 0.143. The molecule has 0 fully saturated rings. The molecular weight excluding hydrogens is 454 g/mol. The van der Waals surface area contributed by atoms with Crippen LogP contribution >= 0.6 is 22.9 Å². The molecule has 0 saturated carbocycles. The highest BCUT2D eigenvalue weighted by atomic mass is 35.5. The Labute approximate surface area is 190 Å². The summed E-state index contributed by atoms with van der Waals surface area (Å²) in [4.78, 5) is 47.5. The molecule has 11 heteroatoms. The second-order valence-corrected chi connectivity index (χ2v) is 8.69. The normalized spacial score (nSPS) is 13.1. The molecule has 0 aliphatic heterocycles. The third kappa shape index (κ3) is 4.10. The number of nitrogens with two attached hydrogens (primary N) is 1. The van der Waals surface area contributed by atoms with Crippen LogP contribution < -0.4 is 16.6 Å². The van der Waals surface area contributed by atoms with Crippen molar-refractivity contribution in [2.75, 3.05) is 5.73 Å². The Morgan fingerprint density at radius 1 is 1.28 bits per heavy atom. The van der Waals surface area contributed by atoms with Gasteiger partial charge in [-0.2, -0.15) is 4.98 Å². The Bertz CT molecular complexity index is 1390. The van der Waals surface area contributed by atoms with E-state index in [1.807, 2.05) is 6.92 Å². The third-order valence-electron chi connectivity index (χ3n) is 5.04. The molecule has 3 heterocycles. The number of amides is 1. The Morgan fingerprint density at radius 3 is 2.78 bits per heavy atom. The van der Waals surface area contributed by atoms with Gasteiger partial charge in [-0.15, -0.1) is 11.3 Å². The number of benzene rings is 1. The van der Waals surface area contributed by atoms with Gasteiger partial charge in [-0.1, -0.05) is 30.7 Å². The molecule has 2 unspecified atom stereocenters. The van der Waals surface area contributed by atoms with E-state index >= 15 is 0 Å². The summed E-state index contributed by atoms with van der Waals surface area (Å²) >= 11 is 7.17. The van der Waals surface area contributed by atoms with Gasteiger partial charge < -0.3 is 21.1 Å². The molecule has 0 aliphatic carbocycles. The molecule has 164 valence electrons. The number of carboxylic acid groups (broad SMARTS) is 1. The number of carbonyl (C=O) groups excluding carboxylic acids is 1. The maximum absolute atomic E-state index is 12.8. The molecule has 1 aromatic carbocycles. The number of aliphatic carboxylic acids is 1. The molecule has 0 saturated heterocycles. The van der Waals surface area contributed by atoms with Gasteiger partial charge in [0.15, 0.2) is 6.04 Å². The number of H-pyrrole nitrogens is 2. The maximum atomic E-state index is 12.8. The minimum atomic E-state index is -1.24. The molecule has 32 heavy (non-hydrogen) atoms. The summed E-state index contributed by atoms with van der Waals surface area (Å²) in [5, 5.41) is 12.9. The second kappa shape index (κ2) is 8.48. The second-order valence-electron chi connectivity index (χ2n) is 7.14. The first-order valence-corrected chi connectivity index (χ1v) is 10.7. The van der Waals surface area contributed by atoms with Gasteiger partial charge in [0, 0.05) is 22.0 Å². The SMILES string of the molecule is CC(c1ccc(C(=O)NC(C(=O)O)c2cccc(Cl)c2)s1)c1c[nH]c2nc(N)[nH]c(=O)c12. The number of nitrogen functional groups attached to an aromatic ring is 1. The highest BCUT2D eigenvalue weighted by Gasteiger charge is 2.25. The average Bonchev–Trinajstić information content (AvgIpc) is 3.38. The molecule has 4 aromatic rings. The van der Waals surface area contributed by atoms with Crippen molar-refractivity contribution in [1.29, 1.82) is 0 Å². The van der Waals surface area contributed by atoms with Crippen LogP contribution in [0.25, 0.3) is 11.0 Å². The van der Waals surface area contributed by atoms with Crippen molar-refractivity contribution >= 4 is 51.8 Å². The fourth-order valence-electron chi connectivity index (χ4n) is 3.46. The van der Waals surface area contributed by atoms with Crippen molar-refractivity contribution in [3.8, 4) is 0 Å². The van der Waals surface area contributed by atoms with Gasteiger partial charge in [-0.25, -0.2) is 4.79 Å². The number of thiophene rings is 1. The lowest BCUT2D eigenvalue weighted by atomic mass is 10.0. The van der Waals surface area contributed by atoms with Crippen LogP contribution in [0.5, 0.6) is 0 Å². The smallest absolute Gasteiger partial charge is 0.330 e. The zero-order valence-corrected chi connectivity index (χ0v) is 18.3. The molecule has 0 bridgehead atoms. The van der Waals surface area contributed by atoms with Gasteiger partial charge in [0.05, 0.1) is 10.3 Å². The van der Waals surface area contributed by atoms with Crippen LogP contribution in [-0.4, -0.2) is 31.9 Å². The van der Waals surface area contributed by atoms with Crippen LogP contribution in [0.4, 0.5) is 5.95 Å². The van der Waals surface area contributed by atoms with E-state index in [9.17, 15) is 19.5 Å². The Hall–Kier alpha value is -3.63. The maximum Gasteiger partial charge on any atom is 0.330 e. The zero-order valence-electron chi connectivity index (χ0n) is 16.7. The van der Waals surface area contributed by atoms with Crippen LogP contribution in [0.3, 0.4) is 0 Å². The number of carbonyl (C=O) groups is 2. The number of aromatic nitrogens is 3. The minimum absolute atomic E-state index is 0.0197. The lowest BCUT2D eigenvalue weighted by Gasteiger charge is -2.14. The molecule has 4 rings (SSSR count). The van der Waals surface area contributed by atoms with Crippen LogP contribution in [0.1, 0.15) is 44.6 Å². The van der Waals surface area contributed by atoms with Crippen molar-refractivity contribution in [3.63, 3.8) is 0 Å². The number of halogens is 1. The summed E-state index contributed by atoms with van der Waals surface area (Å²) in [7, 11) is 0. The molecule has 1 amide bonds. The van der Waals surface area contributed by atoms with Crippen LogP contribution in [0.2, 0.25) is 5.02 Å². The number of hydrogen-bond donors (Lipinski definition) is 5. The van der Waals surface area contributed by atoms with Crippen LogP contribution in [0, 0.1) is 0 Å². The number of carboxylic acids is 1. The summed E-state index contributed by atoms with van der Waals surface area (Å²) in [5.74, 6) is -1.92. The fourth-order valence-corrected chi connectivity index (χ4v) is 4.64. The molecule has 0 radical (unpaired) electrons. The highest BCUT2D eigenvalue weighted by molar-refractivity contribution is 7.14. The third-order valence-corrected chi connectivity index (χ3v) is 6.54. The van der Waals surface area contributed by atoms with Gasteiger partial charge in [0.1, 0.15) is 5.65 Å². The summed E-state index contributed by atoms with van der Waals surface area (Å²) in [6.07, 6.45) is 1.69. The van der Waals surface area contributed by atoms with Gasteiger partial charge >= 0.3 is 5.97 Å². The average molecular weight is 472 g/mol. The molecule has 2 atom stereocenters. The summed E-state index contributed by atoms with van der Waals surface area (Å²) in [5.41, 5.74) is 6.70. The van der Waals surface area contributed by atoms with E-state index in [2.05, 4.69) is 20.3 Å². The first-order chi connectivity index (χ1) is 15.2. The van der Waals surface area contributed by atoms with Crippen molar-refractivity contribution in [3.05, 3.63) is 78.9 Å². The number of aromatic amines is 2. The molecule has 0 spiro atoms. The van der Waals surface area contributed by atoms with Gasteiger partial charge in [-0.05, 0) is 35.4 Å². The number of fused-ring (bicyclic) bond motifs is 1. The summed E-state index contributed by atoms with van der Waals surface area (Å²) < 4.78 is 0. The number of nitrogens with one attached hydrogen (secondary N) is 3. The molecular formula is C21H18ClN5O4S. The largest absolute Gasteiger partial charge is 0.479 e. The molecule has 9 nitrogen and oxygen atoms in total. The monoisotopic (exact) mass is 471 g/mol. The number of anilines is 1. The Morgan fingerprint density at radius 2 is 2.06 bits per heavy atom. The van der Waals surface area contributed by atoms with E-state index in [1.54, 1.807) is 36.5 Å². The van der Waals surface area contributed by atoms with Gasteiger partial charge in [-0.3, -0.25) is 14.6 Å². The predicted molar refractivity (Wildman–Crippen MR) is 122 cm³/mol. The van der Waals surface area contributed by atoms with Crippen molar-refractivity contribution in [1.82, 2.24) is 20.3 Å². The summed E-state index contributed by atoms with van der Waals surface area (Å²) in [6.45, 7) is 1.90. The first kappa shape index (κ1) is 21.6. The number of hydrogen-bond acceptors (Lipinski definition) is 6. The van der Waals surface area contributed by atoms with E-state index in [4.69, 9.17) is 17.3 Å². The topological polar surface area (TPSA) is 154 Å². The van der Waals surface area contributed by atoms with Gasteiger partial charge in [0.2, 0.25) is 5.95 Å². The lowest BCUT2D eigenvalue weighted by molar-refractivity contribution is -0.139. The molecule has 3 aromatic heterocycles. The standard InChI is InChI=1S/C21H18ClN5O4S/c1-9(12-8-24-17-15(12)19(29)27-21(23)26-17)13-5-6-14(32-13)18(28)25-16(20(30)31)10-3-2-4-11(22)7-10/h2-9,16H,1H3,(H,25,28)(H,30,31)(H4,23,24,26,27,29). The quantitative estimate of drug-likeness (QED) is 0.291. The van der Waals surface area contributed by atoms with E-state index in [1.165, 1.54) is 17.4 Å².